The molecule has 0 aromatic carbocycles. The molecule has 0 radical (unpaired) electrons. The third-order valence-corrected chi connectivity index (χ3v) is 9.03. The molecular formula is C64H128N16. The van der Waals surface area contributed by atoms with E-state index in [1.54, 1.807) is 18.7 Å². The minimum Gasteiger partial charge on any atom is -0.367 e. The number of nitrogens with one attached hydrogen (secondary N) is 8. The third-order valence-electron chi connectivity index (χ3n) is 9.03. The van der Waals surface area contributed by atoms with Crippen molar-refractivity contribution in [2.75, 3.05) is 0 Å². The van der Waals surface area contributed by atoms with Gasteiger partial charge in [-0.25, -0.2) is 19.9 Å². The second-order valence-electron chi connectivity index (χ2n) is 17.3. The van der Waals surface area contributed by atoms with Crippen LogP contribution in [0.4, 0.5) is 0 Å². The number of H-pyrrole nitrogens is 8. The van der Waals surface area contributed by atoms with E-state index in [0.717, 1.165) is 17.5 Å². The summed E-state index contributed by atoms with van der Waals surface area (Å²) in [5, 5.41) is 26.3. The number of rotatable bonds is 8. The van der Waals surface area contributed by atoms with E-state index in [1.165, 1.54) is 40.9 Å². The SMILES string of the molecule is CC.CC.CC.CC.CC.CC.CC.CC.CC(C)c1cc[nH]c1.CC(C)c1ccc[nH]1.CC(C)c1ccn[nH]1.CC(C)c1cn[nH]c1.CC(C)c1cnc[nH]1.CC(C)c1ncc[nH]1.CC(C)c1ncn[nH]1.CC(C)c1ncn[nH]1. The van der Waals surface area contributed by atoms with Crippen LogP contribution in [0.25, 0.3) is 0 Å². The molecular weight excluding hydrogens is 993 g/mol. The number of imidazole rings is 2. The first-order valence-corrected chi connectivity index (χ1v) is 30.4. The van der Waals surface area contributed by atoms with E-state index < -0.39 is 0 Å². The highest BCUT2D eigenvalue weighted by Crippen LogP contribution is 2.13. The van der Waals surface area contributed by atoms with Gasteiger partial charge in [0.15, 0.2) is 0 Å². The maximum Gasteiger partial charge on any atom is 0.137 e. The van der Waals surface area contributed by atoms with Gasteiger partial charge >= 0.3 is 0 Å². The molecule has 8 aromatic rings. The standard InChI is InChI=1S/2C7H11N.4C6H10N2.2C5H9N3.8C2H6/c1-6(2)7-3-4-8-5-7;1-6(2)7-4-3-5-8-7;1-5(2)6-3-7-4-8-6;1-5(2)6-3-7-8-4-6;1-5(2)6-7-3-4-8-6;1-5(2)6-3-4-7-8-6;2*1-4(2)5-6-3-7-8-5;8*1-2/h2*3-6,8H,1-2H3;4*3-5H,1-2H3,(H,7,8);2*3-4H,1-2H3,(H,6,7,8);8*1-2H3. The van der Waals surface area contributed by atoms with E-state index in [1.807, 2.05) is 166 Å². The van der Waals surface area contributed by atoms with Crippen molar-refractivity contribution in [2.24, 2.45) is 0 Å². The van der Waals surface area contributed by atoms with Crippen molar-refractivity contribution in [1.82, 2.24) is 80.7 Å². The zero-order valence-corrected chi connectivity index (χ0v) is 57.4. The van der Waals surface area contributed by atoms with Crippen LogP contribution in [0, 0.1) is 0 Å². The number of aromatic amines is 8. The van der Waals surface area contributed by atoms with Gasteiger partial charge in [0.25, 0.3) is 0 Å². The molecule has 0 aliphatic heterocycles. The Bertz CT molecular complexity index is 1600. The molecule has 0 atom stereocenters. The van der Waals surface area contributed by atoms with Gasteiger partial charge in [-0.3, -0.25) is 20.4 Å². The van der Waals surface area contributed by atoms with E-state index in [9.17, 15) is 0 Å². The van der Waals surface area contributed by atoms with Crippen molar-refractivity contribution in [3.05, 3.63) is 145 Å². The average Bonchev–Trinajstić information content (AvgIpc) is 4.34. The summed E-state index contributed by atoms with van der Waals surface area (Å²) in [7, 11) is 0. The lowest BCUT2D eigenvalue weighted by Gasteiger charge is -1.97. The molecule has 8 aromatic heterocycles. The van der Waals surface area contributed by atoms with Crippen LogP contribution in [-0.4, -0.2) is 80.7 Å². The molecule has 0 bridgehead atoms. The summed E-state index contributed by atoms with van der Waals surface area (Å²) in [6.07, 6.45) is 21.7. The number of aromatic nitrogens is 16. The van der Waals surface area contributed by atoms with Crippen LogP contribution in [0.5, 0.6) is 0 Å². The molecule has 0 aliphatic rings. The largest absolute Gasteiger partial charge is 0.367 e. The molecule has 0 saturated heterocycles. The monoisotopic (exact) mass is 1120 g/mol. The predicted molar refractivity (Wildman–Crippen MR) is 352 cm³/mol. The third kappa shape index (κ3) is 53.7. The molecule has 0 aliphatic carbocycles. The van der Waals surface area contributed by atoms with Gasteiger partial charge in [0, 0.05) is 84.4 Å². The Kier molecular flexibility index (Phi) is 77.6. The summed E-state index contributed by atoms with van der Waals surface area (Å²) >= 11 is 0. The second kappa shape index (κ2) is 68.8. The Balaban J connectivity index is -0.000000119. The Morgan fingerprint density at radius 2 is 0.812 bits per heavy atom. The van der Waals surface area contributed by atoms with E-state index in [2.05, 4.69) is 204 Å². The van der Waals surface area contributed by atoms with Crippen LogP contribution >= 0.6 is 0 Å². The zero-order valence-electron chi connectivity index (χ0n) is 57.4. The molecule has 0 fully saturated rings. The Hall–Kier alpha value is -6.32. The summed E-state index contributed by atoms with van der Waals surface area (Å²) in [5.74, 6) is 7.40. The summed E-state index contributed by atoms with van der Waals surface area (Å²) in [6.45, 7) is 66.0. The Labute approximate surface area is 492 Å². The fourth-order valence-electron chi connectivity index (χ4n) is 4.73. The fraction of sp³-hybridized carbons (Fsp3) is 0.625. The highest BCUT2D eigenvalue weighted by atomic mass is 15.2. The van der Waals surface area contributed by atoms with Crippen molar-refractivity contribution in [2.45, 2.75) is 269 Å². The van der Waals surface area contributed by atoms with Gasteiger partial charge < -0.3 is 19.9 Å². The first kappa shape index (κ1) is 90.2. The van der Waals surface area contributed by atoms with Gasteiger partial charge in [-0.15, -0.1) is 0 Å². The maximum absolute atomic E-state index is 4.06. The molecule has 0 amide bonds. The lowest BCUT2D eigenvalue weighted by atomic mass is 10.1. The highest BCUT2D eigenvalue weighted by molar-refractivity contribution is 5.12. The number of hydrogen-bond donors (Lipinski definition) is 8. The van der Waals surface area contributed by atoms with Crippen LogP contribution in [0.3, 0.4) is 0 Å². The van der Waals surface area contributed by atoms with Crippen LogP contribution in [0.15, 0.2) is 99.0 Å². The summed E-state index contributed by atoms with van der Waals surface area (Å²) in [6, 6.07) is 8.22. The molecule has 80 heavy (non-hydrogen) atoms. The van der Waals surface area contributed by atoms with Gasteiger partial charge in [0.2, 0.25) is 0 Å². The van der Waals surface area contributed by atoms with Crippen LogP contribution < -0.4 is 0 Å². The van der Waals surface area contributed by atoms with Crippen LogP contribution in [0.1, 0.15) is 315 Å². The van der Waals surface area contributed by atoms with E-state index in [0.29, 0.717) is 47.3 Å². The quantitative estimate of drug-likeness (QED) is 0.0728. The molecule has 0 unspecified atom stereocenters. The topological polar surface area (TPSA) is 229 Å². The summed E-state index contributed by atoms with van der Waals surface area (Å²) in [5.41, 5.74) is 6.36. The molecule has 16 heteroatoms. The molecule has 0 saturated carbocycles. The summed E-state index contributed by atoms with van der Waals surface area (Å²) in [4.78, 5) is 28.0. The van der Waals surface area contributed by atoms with Gasteiger partial charge in [-0.05, 0) is 65.0 Å². The number of hydrogen-bond acceptors (Lipinski definition) is 8. The van der Waals surface area contributed by atoms with Gasteiger partial charge in [-0.2, -0.15) is 20.4 Å². The number of nitrogens with zero attached hydrogens (tertiary/aromatic N) is 8. The summed E-state index contributed by atoms with van der Waals surface area (Å²) < 4.78 is 0. The first-order chi connectivity index (χ1) is 38.4. The second-order valence-corrected chi connectivity index (χ2v) is 17.3. The van der Waals surface area contributed by atoms with Crippen molar-refractivity contribution in [3.8, 4) is 0 Å². The zero-order chi connectivity index (χ0) is 63.9. The van der Waals surface area contributed by atoms with Crippen molar-refractivity contribution in [1.29, 1.82) is 0 Å². The molecule has 464 valence electrons. The molecule has 8 heterocycles. The van der Waals surface area contributed by atoms with Gasteiger partial charge in [-0.1, -0.05) is 222 Å². The van der Waals surface area contributed by atoms with Crippen molar-refractivity contribution < 1.29 is 0 Å². The van der Waals surface area contributed by atoms with E-state index in [-0.39, 0.29) is 0 Å². The molecule has 8 N–H and O–H groups in total. The highest BCUT2D eigenvalue weighted by Gasteiger charge is 2.01. The predicted octanol–water partition coefficient (Wildman–Crippen LogP) is 20.5. The Morgan fingerprint density at radius 1 is 0.338 bits per heavy atom. The maximum atomic E-state index is 4.06. The fourth-order valence-corrected chi connectivity index (χ4v) is 4.73. The molecule has 16 nitrogen and oxygen atoms in total. The van der Waals surface area contributed by atoms with Crippen LogP contribution in [-0.2, 0) is 0 Å². The average molecular weight is 1120 g/mol. The van der Waals surface area contributed by atoms with Crippen molar-refractivity contribution >= 4 is 0 Å². The van der Waals surface area contributed by atoms with E-state index in [4.69, 9.17) is 0 Å². The smallest absolute Gasteiger partial charge is 0.137 e. The first-order valence-electron chi connectivity index (χ1n) is 30.4. The van der Waals surface area contributed by atoms with E-state index >= 15 is 0 Å². The van der Waals surface area contributed by atoms with Crippen LogP contribution in [0.2, 0.25) is 0 Å². The lowest BCUT2D eigenvalue weighted by molar-refractivity contribution is 0.781. The molecule has 8 rings (SSSR count). The molecule has 0 spiro atoms. The Morgan fingerprint density at radius 3 is 0.988 bits per heavy atom. The van der Waals surface area contributed by atoms with Crippen molar-refractivity contribution in [3.63, 3.8) is 0 Å². The normalized spacial score (nSPS) is 8.90. The lowest BCUT2D eigenvalue weighted by Crippen LogP contribution is -1.88. The minimum absolute atomic E-state index is 0.456. The van der Waals surface area contributed by atoms with Gasteiger partial charge in [0.1, 0.15) is 30.1 Å². The minimum atomic E-state index is 0.456. The van der Waals surface area contributed by atoms with Gasteiger partial charge in [0.05, 0.1) is 12.5 Å².